The molecule has 0 aliphatic carbocycles. The Balaban J connectivity index is 1.85. The van der Waals surface area contributed by atoms with Crippen LogP contribution in [0, 0.1) is 5.92 Å². The molecule has 1 unspecified atom stereocenters. The number of carbonyl (C=O) groups excluding carboxylic acids is 2. The largest absolute Gasteiger partial charge is 0.462 e. The van der Waals surface area contributed by atoms with Gasteiger partial charge >= 0.3 is 5.97 Å². The number of esters is 1. The van der Waals surface area contributed by atoms with E-state index in [1.54, 1.807) is 0 Å². The molecule has 3 rings (SSSR count). The number of ketones is 1. The number of ether oxygens (including phenoxy) is 1. The Labute approximate surface area is 137 Å². The van der Waals surface area contributed by atoms with E-state index in [0.29, 0.717) is 6.42 Å². The van der Waals surface area contributed by atoms with E-state index >= 15 is 0 Å². The molecular weight excluding hydrogens is 290 g/mol. The summed E-state index contributed by atoms with van der Waals surface area (Å²) in [6.07, 6.45) is 2.16. The van der Waals surface area contributed by atoms with Crippen LogP contribution in [0.2, 0.25) is 0 Å². The third-order valence-electron chi connectivity index (χ3n) is 5.10. The summed E-state index contributed by atoms with van der Waals surface area (Å²) in [5.74, 6) is -0.914. The van der Waals surface area contributed by atoms with E-state index in [4.69, 9.17) is 4.74 Å². The van der Waals surface area contributed by atoms with Gasteiger partial charge in [-0.1, -0.05) is 30.3 Å². The van der Waals surface area contributed by atoms with Crippen molar-refractivity contribution in [2.75, 3.05) is 0 Å². The fraction of sp³-hybridized carbons (Fsp3) is 0.579. The van der Waals surface area contributed by atoms with Crippen LogP contribution in [0.4, 0.5) is 0 Å². The zero-order chi connectivity index (χ0) is 16.6. The topological polar surface area (TPSA) is 46.6 Å². The van der Waals surface area contributed by atoms with Crippen molar-refractivity contribution in [3.05, 3.63) is 35.9 Å². The number of piperidine rings is 1. The molecule has 1 aromatic rings. The van der Waals surface area contributed by atoms with Crippen molar-refractivity contribution in [2.45, 2.75) is 64.3 Å². The molecule has 2 heterocycles. The van der Waals surface area contributed by atoms with Gasteiger partial charge in [-0.15, -0.1) is 0 Å². The summed E-state index contributed by atoms with van der Waals surface area (Å²) in [7, 11) is 0. The van der Waals surface area contributed by atoms with Crippen molar-refractivity contribution in [1.29, 1.82) is 0 Å². The summed E-state index contributed by atoms with van der Waals surface area (Å²) in [5.41, 5.74) is 1.23. The van der Waals surface area contributed by atoms with Crippen molar-refractivity contribution in [3.63, 3.8) is 0 Å². The van der Waals surface area contributed by atoms with Gasteiger partial charge in [0, 0.05) is 24.5 Å². The van der Waals surface area contributed by atoms with E-state index in [1.165, 1.54) is 5.56 Å². The molecule has 0 radical (unpaired) electrons. The lowest BCUT2D eigenvalue weighted by atomic mass is 9.87. The molecule has 4 heteroatoms. The van der Waals surface area contributed by atoms with Crippen molar-refractivity contribution < 1.29 is 14.3 Å². The Morgan fingerprint density at radius 3 is 2.52 bits per heavy atom. The molecule has 2 aliphatic rings. The molecule has 0 N–H and O–H groups in total. The minimum atomic E-state index is -0.623. The fourth-order valence-electron chi connectivity index (χ4n) is 4.15. The Kier molecular flexibility index (Phi) is 4.53. The second-order valence-electron chi connectivity index (χ2n) is 6.97. The number of fused-ring (bicyclic) bond motifs is 2. The van der Waals surface area contributed by atoms with Gasteiger partial charge < -0.3 is 4.74 Å². The smallest absolute Gasteiger partial charge is 0.318 e. The second-order valence-corrected chi connectivity index (χ2v) is 6.97. The lowest BCUT2D eigenvalue weighted by molar-refractivity contribution is -0.161. The van der Waals surface area contributed by atoms with Gasteiger partial charge in [-0.05, 0) is 39.2 Å². The number of carbonyl (C=O) groups is 2. The third kappa shape index (κ3) is 3.05. The summed E-state index contributed by atoms with van der Waals surface area (Å²) in [6.45, 7) is 5.82. The zero-order valence-corrected chi connectivity index (χ0v) is 14.1. The number of Topliss-reactive ketones (excluding diaryl/α,β-unsaturated/α-hetero) is 1. The molecular formula is C19H25NO3. The summed E-state index contributed by atoms with van der Waals surface area (Å²) < 4.78 is 5.36. The van der Waals surface area contributed by atoms with Gasteiger partial charge in [0.1, 0.15) is 11.7 Å². The number of nitrogens with zero attached hydrogens (tertiary/aromatic N) is 1. The van der Waals surface area contributed by atoms with E-state index in [-0.39, 0.29) is 36.0 Å². The Hall–Kier alpha value is -1.68. The Morgan fingerprint density at radius 1 is 1.17 bits per heavy atom. The predicted molar refractivity (Wildman–Crippen MR) is 87.8 cm³/mol. The van der Waals surface area contributed by atoms with Crippen molar-refractivity contribution >= 4 is 11.8 Å². The fourth-order valence-corrected chi connectivity index (χ4v) is 4.15. The highest BCUT2D eigenvalue weighted by atomic mass is 16.5. The van der Waals surface area contributed by atoms with Gasteiger partial charge in [0.05, 0.1) is 6.10 Å². The van der Waals surface area contributed by atoms with E-state index in [2.05, 4.69) is 24.0 Å². The van der Waals surface area contributed by atoms with Crippen LogP contribution in [0.5, 0.6) is 0 Å². The summed E-state index contributed by atoms with van der Waals surface area (Å²) in [5, 5.41) is 0. The first-order chi connectivity index (χ1) is 11.0. The van der Waals surface area contributed by atoms with Crippen LogP contribution in [-0.2, 0) is 14.3 Å². The minimum Gasteiger partial charge on any atom is -0.462 e. The van der Waals surface area contributed by atoms with E-state index < -0.39 is 5.92 Å². The van der Waals surface area contributed by atoms with Gasteiger partial charge in [0.2, 0.25) is 0 Å². The molecule has 4 atom stereocenters. The molecule has 2 saturated heterocycles. The molecule has 0 amide bonds. The van der Waals surface area contributed by atoms with Gasteiger partial charge in [-0.25, -0.2) is 0 Å². The first-order valence-corrected chi connectivity index (χ1v) is 8.54. The molecule has 2 bridgehead atoms. The molecule has 4 nitrogen and oxygen atoms in total. The lowest BCUT2D eigenvalue weighted by Crippen LogP contribution is -2.53. The lowest BCUT2D eigenvalue weighted by Gasteiger charge is -2.42. The minimum absolute atomic E-state index is 0.0253. The molecule has 0 saturated carbocycles. The van der Waals surface area contributed by atoms with Gasteiger partial charge in [-0.2, -0.15) is 0 Å². The molecule has 2 aliphatic heterocycles. The van der Waals surface area contributed by atoms with Crippen LogP contribution in [0.1, 0.15) is 51.6 Å². The first-order valence-electron chi connectivity index (χ1n) is 8.54. The number of hydrogen-bond acceptors (Lipinski definition) is 4. The van der Waals surface area contributed by atoms with E-state index in [0.717, 1.165) is 12.8 Å². The molecule has 23 heavy (non-hydrogen) atoms. The molecule has 0 spiro atoms. The number of benzene rings is 1. The van der Waals surface area contributed by atoms with Crippen LogP contribution in [0.25, 0.3) is 0 Å². The standard InChI is InChI=1S/C19H25NO3/c1-12(2)23-19(22)18-16-10-9-15(11-17(18)21)20(16)13(3)14-7-5-4-6-8-14/h4-8,12-13,15-16,18H,9-11H2,1-3H3/t13-,15-,16+,18?/m1/s1. The first kappa shape index (κ1) is 16.2. The SMILES string of the molecule is CC(C)OC(=O)C1C(=O)C[C@H]2CC[C@@H]1N2[C@H](C)c1ccccc1. The summed E-state index contributed by atoms with van der Waals surface area (Å²) >= 11 is 0. The quantitative estimate of drug-likeness (QED) is 0.632. The number of rotatable bonds is 4. The average Bonchev–Trinajstić information content (AvgIpc) is 2.81. The van der Waals surface area contributed by atoms with Gasteiger partial charge in [0.15, 0.2) is 0 Å². The molecule has 0 aromatic heterocycles. The predicted octanol–water partition coefficient (Wildman–Crippen LogP) is 3.12. The van der Waals surface area contributed by atoms with Crippen LogP contribution in [0.15, 0.2) is 30.3 Å². The molecule has 2 fully saturated rings. The van der Waals surface area contributed by atoms with Crippen molar-refractivity contribution in [2.24, 2.45) is 5.92 Å². The van der Waals surface area contributed by atoms with Crippen LogP contribution in [-0.4, -0.2) is 34.8 Å². The maximum atomic E-state index is 12.5. The van der Waals surface area contributed by atoms with Crippen molar-refractivity contribution in [1.82, 2.24) is 4.90 Å². The van der Waals surface area contributed by atoms with E-state index in [9.17, 15) is 9.59 Å². The van der Waals surface area contributed by atoms with Crippen LogP contribution < -0.4 is 0 Å². The van der Waals surface area contributed by atoms with Crippen LogP contribution >= 0.6 is 0 Å². The highest BCUT2D eigenvalue weighted by Crippen LogP contribution is 2.43. The molecule has 1 aromatic carbocycles. The highest BCUT2D eigenvalue weighted by Gasteiger charge is 2.51. The molecule has 124 valence electrons. The van der Waals surface area contributed by atoms with Crippen molar-refractivity contribution in [3.8, 4) is 0 Å². The summed E-state index contributed by atoms with van der Waals surface area (Å²) in [4.78, 5) is 27.3. The number of hydrogen-bond donors (Lipinski definition) is 0. The normalized spacial score (nSPS) is 28.9. The summed E-state index contributed by atoms with van der Waals surface area (Å²) in [6, 6.07) is 10.7. The average molecular weight is 315 g/mol. The van der Waals surface area contributed by atoms with Gasteiger partial charge in [-0.3, -0.25) is 14.5 Å². The third-order valence-corrected chi connectivity index (χ3v) is 5.10. The highest BCUT2D eigenvalue weighted by molar-refractivity contribution is 6.01. The zero-order valence-electron chi connectivity index (χ0n) is 14.1. The van der Waals surface area contributed by atoms with Gasteiger partial charge in [0.25, 0.3) is 0 Å². The monoisotopic (exact) mass is 315 g/mol. The maximum absolute atomic E-state index is 12.5. The van der Waals surface area contributed by atoms with Crippen LogP contribution in [0.3, 0.4) is 0 Å². The maximum Gasteiger partial charge on any atom is 0.318 e. The van der Waals surface area contributed by atoms with E-state index in [1.807, 2.05) is 32.0 Å². The second kappa shape index (κ2) is 6.44. The Morgan fingerprint density at radius 2 is 1.87 bits per heavy atom. The Bertz CT molecular complexity index is 584.